The molecule has 1 saturated carbocycles. The maximum atomic E-state index is 11.2. The van der Waals surface area contributed by atoms with Crippen molar-refractivity contribution in [2.24, 2.45) is 22.6 Å². The van der Waals surface area contributed by atoms with E-state index < -0.39 is 0 Å². The minimum absolute atomic E-state index is 0.123. The van der Waals surface area contributed by atoms with Crippen LogP contribution in [0.2, 0.25) is 0 Å². The van der Waals surface area contributed by atoms with E-state index in [1.165, 1.54) is 43.9 Å². The first kappa shape index (κ1) is 19.6. The highest BCUT2D eigenvalue weighted by Gasteiger charge is 2.29. The van der Waals surface area contributed by atoms with Gasteiger partial charge in [-0.05, 0) is 60.8 Å². The molecule has 5 rings (SSSR count). The summed E-state index contributed by atoms with van der Waals surface area (Å²) in [6, 6.07) is 5.92. The smallest absolute Gasteiger partial charge is 0.223 e. The number of allylic oxidation sites excluding steroid dienone is 1. The molecule has 29 heavy (non-hydrogen) atoms. The number of fused-ring (bicyclic) bond motifs is 5. The highest BCUT2D eigenvalue weighted by molar-refractivity contribution is 7.22. The van der Waals surface area contributed by atoms with Crippen molar-refractivity contribution in [2.45, 2.75) is 32.6 Å². The number of rotatable bonds is 5. The van der Waals surface area contributed by atoms with Crippen molar-refractivity contribution >= 4 is 44.4 Å². The molecule has 3 heterocycles. The Morgan fingerprint density at radius 1 is 1.31 bits per heavy atom. The average Bonchev–Trinajstić information content (AvgIpc) is 2.85. The lowest BCUT2D eigenvalue weighted by atomic mass is 9.84. The Labute approximate surface area is 175 Å². The first-order valence-corrected chi connectivity index (χ1v) is 10.9. The van der Waals surface area contributed by atoms with Gasteiger partial charge in [0.15, 0.2) is 5.13 Å². The van der Waals surface area contributed by atoms with E-state index in [-0.39, 0.29) is 5.91 Å². The zero-order valence-corrected chi connectivity index (χ0v) is 17.5. The topological polar surface area (TPSA) is 83.6 Å². The van der Waals surface area contributed by atoms with Crippen LogP contribution in [-0.2, 0) is 4.79 Å². The molecule has 7 heteroatoms. The summed E-state index contributed by atoms with van der Waals surface area (Å²) in [5, 5.41) is 3.33. The van der Waals surface area contributed by atoms with E-state index in [9.17, 15) is 4.79 Å². The second-order valence-corrected chi connectivity index (χ2v) is 9.06. The predicted molar refractivity (Wildman–Crippen MR) is 121 cm³/mol. The van der Waals surface area contributed by atoms with Crippen LogP contribution in [0.25, 0.3) is 15.8 Å². The number of aliphatic imine (C=N–C) groups is 1. The Kier molecular flexibility index (Phi) is 5.67. The molecule has 152 valence electrons. The van der Waals surface area contributed by atoms with Crippen LogP contribution >= 0.6 is 11.3 Å². The molecule has 1 amide bonds. The summed E-state index contributed by atoms with van der Waals surface area (Å²) >= 11 is 1.45. The number of hydrogen-bond donors (Lipinski definition) is 2. The van der Waals surface area contributed by atoms with E-state index in [1.807, 2.05) is 18.2 Å². The van der Waals surface area contributed by atoms with Crippen molar-refractivity contribution in [2.75, 3.05) is 18.4 Å². The van der Waals surface area contributed by atoms with Gasteiger partial charge in [-0.25, -0.2) is 4.98 Å². The molecule has 0 unspecified atom stereocenters. The lowest BCUT2D eigenvalue weighted by Gasteiger charge is -2.24. The minimum atomic E-state index is -0.123. The summed E-state index contributed by atoms with van der Waals surface area (Å²) in [5.74, 6) is 2.16. The van der Waals surface area contributed by atoms with Gasteiger partial charge >= 0.3 is 0 Å². The fourth-order valence-corrected chi connectivity index (χ4v) is 5.14. The molecule has 1 aliphatic carbocycles. The maximum Gasteiger partial charge on any atom is 0.223 e. The van der Waals surface area contributed by atoms with Gasteiger partial charge in [-0.15, -0.1) is 0 Å². The summed E-state index contributed by atoms with van der Waals surface area (Å²) < 4.78 is 0.996. The highest BCUT2D eigenvalue weighted by atomic mass is 32.1. The van der Waals surface area contributed by atoms with Crippen LogP contribution in [-0.4, -0.2) is 35.1 Å². The van der Waals surface area contributed by atoms with Gasteiger partial charge in [0.25, 0.3) is 0 Å². The number of nitrogens with zero attached hydrogens (tertiary/aromatic N) is 3. The largest absolute Gasteiger partial charge is 0.384 e. The summed E-state index contributed by atoms with van der Waals surface area (Å²) in [4.78, 5) is 22.3. The molecule has 2 saturated heterocycles. The maximum absolute atomic E-state index is 11.2. The van der Waals surface area contributed by atoms with E-state index >= 15 is 0 Å². The lowest BCUT2D eigenvalue weighted by Crippen LogP contribution is -2.31. The predicted octanol–water partition coefficient (Wildman–Crippen LogP) is 4.22. The van der Waals surface area contributed by atoms with Crippen LogP contribution in [0.15, 0.2) is 41.8 Å². The van der Waals surface area contributed by atoms with Gasteiger partial charge in [-0.1, -0.05) is 24.0 Å². The minimum Gasteiger partial charge on any atom is -0.384 e. The van der Waals surface area contributed by atoms with Crippen LogP contribution in [0, 0.1) is 11.8 Å². The fraction of sp³-hybridized carbons (Fsp3) is 0.409. The first-order chi connectivity index (χ1) is 14.0. The summed E-state index contributed by atoms with van der Waals surface area (Å²) in [6.07, 6.45) is 8.82. The number of thiazole rings is 1. The van der Waals surface area contributed by atoms with Crippen LogP contribution in [0.4, 0.5) is 5.13 Å². The van der Waals surface area contributed by atoms with E-state index in [4.69, 9.17) is 5.73 Å². The molecule has 1 aromatic carbocycles. The number of amides is 1. The van der Waals surface area contributed by atoms with Gasteiger partial charge in [0, 0.05) is 26.2 Å². The van der Waals surface area contributed by atoms with Gasteiger partial charge in [0.1, 0.15) is 5.82 Å². The number of hydrogen-bond acceptors (Lipinski definition) is 6. The summed E-state index contributed by atoms with van der Waals surface area (Å²) in [5.41, 5.74) is 8.95. The van der Waals surface area contributed by atoms with Crippen molar-refractivity contribution in [3.63, 3.8) is 0 Å². The van der Waals surface area contributed by atoms with Crippen LogP contribution in [0.1, 0.15) is 38.2 Å². The SMILES string of the molecule is C=C(C=N/C=C(\N)N1CC2CCC(CC2)C1)c1ccc2nc(NC(C)=O)sc2c1. The second kappa shape index (κ2) is 8.37. The van der Waals surface area contributed by atoms with Crippen molar-refractivity contribution in [3.05, 3.63) is 42.4 Å². The van der Waals surface area contributed by atoms with Crippen molar-refractivity contribution in [3.8, 4) is 0 Å². The van der Waals surface area contributed by atoms with Gasteiger partial charge in [-0.3, -0.25) is 9.79 Å². The molecular formula is C22H27N5OS. The number of nitrogens with one attached hydrogen (secondary N) is 1. The normalized spacial score (nSPS) is 22.2. The molecule has 2 aromatic rings. The fourth-order valence-electron chi connectivity index (χ4n) is 4.19. The standard InChI is InChI=1S/C22H27N5OS/c1-14(18-7-8-19-20(9-18)29-22(26-19)25-15(2)28)10-24-11-21(23)27-12-16-3-4-17(13-27)6-5-16/h7-11,16-17H,1,3-6,12-13,23H2,2H3,(H,25,26,28)/b21-11+,24-10?. The Morgan fingerprint density at radius 3 is 2.66 bits per heavy atom. The molecule has 6 nitrogen and oxygen atoms in total. The molecule has 2 aliphatic heterocycles. The molecule has 3 aliphatic rings. The molecule has 3 fully saturated rings. The monoisotopic (exact) mass is 409 g/mol. The third-order valence-electron chi connectivity index (χ3n) is 5.77. The molecule has 1 aromatic heterocycles. The number of carbonyl (C=O) groups is 1. The number of benzene rings is 1. The van der Waals surface area contributed by atoms with Gasteiger partial charge < -0.3 is 16.0 Å². The number of carbonyl (C=O) groups excluding carboxylic acids is 1. The lowest BCUT2D eigenvalue weighted by molar-refractivity contribution is -0.114. The third kappa shape index (κ3) is 4.67. The Hall–Kier alpha value is -2.67. The molecule has 0 atom stereocenters. The van der Waals surface area contributed by atoms with Gasteiger partial charge in [-0.2, -0.15) is 0 Å². The van der Waals surface area contributed by atoms with Crippen molar-refractivity contribution in [1.29, 1.82) is 0 Å². The van der Waals surface area contributed by atoms with E-state index in [1.54, 1.807) is 12.4 Å². The Morgan fingerprint density at radius 2 is 2.00 bits per heavy atom. The quantitative estimate of drug-likeness (QED) is 0.724. The van der Waals surface area contributed by atoms with E-state index in [0.29, 0.717) is 5.13 Å². The van der Waals surface area contributed by atoms with Crippen LogP contribution in [0.5, 0.6) is 0 Å². The van der Waals surface area contributed by atoms with Crippen LogP contribution in [0.3, 0.4) is 0 Å². The Bertz CT molecular complexity index is 970. The third-order valence-corrected chi connectivity index (χ3v) is 6.70. The summed E-state index contributed by atoms with van der Waals surface area (Å²) in [7, 11) is 0. The highest BCUT2D eigenvalue weighted by Crippen LogP contribution is 2.34. The molecule has 0 radical (unpaired) electrons. The number of anilines is 1. The van der Waals surface area contributed by atoms with Gasteiger partial charge in [0.05, 0.1) is 16.4 Å². The molecule has 0 spiro atoms. The molecular weight excluding hydrogens is 382 g/mol. The summed E-state index contributed by atoms with van der Waals surface area (Å²) in [6.45, 7) is 7.70. The zero-order chi connectivity index (χ0) is 20.4. The van der Waals surface area contributed by atoms with Crippen molar-refractivity contribution < 1.29 is 4.79 Å². The number of nitrogens with two attached hydrogens (primary N) is 1. The molecule has 3 N–H and O–H groups in total. The first-order valence-electron chi connectivity index (χ1n) is 10.1. The second-order valence-electron chi connectivity index (χ2n) is 8.03. The molecule has 2 bridgehead atoms. The van der Waals surface area contributed by atoms with Crippen LogP contribution < -0.4 is 11.1 Å². The number of aromatic nitrogens is 1. The van der Waals surface area contributed by atoms with Gasteiger partial charge in [0.2, 0.25) is 5.91 Å². The van der Waals surface area contributed by atoms with E-state index in [0.717, 1.165) is 52.1 Å². The zero-order valence-electron chi connectivity index (χ0n) is 16.7. The Balaban J connectivity index is 1.43. The average molecular weight is 410 g/mol. The van der Waals surface area contributed by atoms with Crippen molar-refractivity contribution in [1.82, 2.24) is 9.88 Å². The van der Waals surface area contributed by atoms with E-state index in [2.05, 4.69) is 26.8 Å².